The molecule has 0 unspecified atom stereocenters. The highest BCUT2D eigenvalue weighted by Gasteiger charge is 2.31. The number of amides is 1. The number of carbonyl (C=O) groups is 1. The number of pyridine rings is 1. The Bertz CT molecular complexity index is 1160. The van der Waals surface area contributed by atoms with Crippen LogP contribution in [0.15, 0.2) is 21.9 Å². The monoisotopic (exact) mass is 490 g/mol. The van der Waals surface area contributed by atoms with Crippen molar-refractivity contribution in [3.63, 3.8) is 0 Å². The molecule has 3 fully saturated rings. The fourth-order valence-electron chi connectivity index (χ4n) is 5.56. The number of fused-ring (bicyclic) bond motifs is 1. The summed E-state index contributed by atoms with van der Waals surface area (Å²) < 4.78 is 22.4. The van der Waals surface area contributed by atoms with E-state index in [-0.39, 0.29) is 46.7 Å². The minimum absolute atomic E-state index is 0.00200. The van der Waals surface area contributed by atoms with Crippen LogP contribution in [0.1, 0.15) is 63.5 Å². The Morgan fingerprint density at radius 2 is 1.68 bits per heavy atom. The summed E-state index contributed by atoms with van der Waals surface area (Å²) in [6.07, 6.45) is 6.84. The summed E-state index contributed by atoms with van der Waals surface area (Å²) in [6.45, 7) is 1.24. The lowest BCUT2D eigenvalue weighted by atomic mass is 9.90. The van der Waals surface area contributed by atoms with Crippen LogP contribution in [0.4, 0.5) is 4.39 Å². The highest BCUT2D eigenvalue weighted by Crippen LogP contribution is 2.30. The molecule has 0 radical (unpaired) electrons. The number of hydrogen-bond acceptors (Lipinski definition) is 6. The SMILES string of the molecule is O=C(NC1CCC(n2c(=O)c3cc(F)cnc3n(C3CCSCC3)c2=O)CC1)C1CCOCC1. The molecule has 0 atom stereocenters. The summed E-state index contributed by atoms with van der Waals surface area (Å²) in [7, 11) is 0. The van der Waals surface area contributed by atoms with Gasteiger partial charge in [0.1, 0.15) is 11.5 Å². The molecule has 1 N–H and O–H groups in total. The van der Waals surface area contributed by atoms with Crippen molar-refractivity contribution in [2.45, 2.75) is 69.5 Å². The van der Waals surface area contributed by atoms with Crippen molar-refractivity contribution in [2.24, 2.45) is 5.92 Å². The largest absolute Gasteiger partial charge is 0.381 e. The average Bonchev–Trinajstić information content (AvgIpc) is 2.87. The molecule has 34 heavy (non-hydrogen) atoms. The second-order valence-corrected chi connectivity index (χ2v) is 10.8. The fraction of sp³-hybridized carbons (Fsp3) is 0.667. The lowest BCUT2D eigenvalue weighted by molar-refractivity contribution is -0.128. The summed E-state index contributed by atoms with van der Waals surface area (Å²) in [5.41, 5.74) is -0.534. The standard InChI is InChI=1S/C24H31FN4O4S/c25-16-13-20-21(26-14-16)28(19-7-11-34-12-8-19)24(32)29(23(20)31)18-3-1-17(2-4-18)27-22(30)15-5-9-33-10-6-15/h13-15,17-19H,1-12H2,(H,27,30). The molecular formula is C24H31FN4O4S. The number of carbonyl (C=O) groups excluding carboxylic acids is 1. The molecule has 184 valence electrons. The lowest BCUT2D eigenvalue weighted by Crippen LogP contribution is -2.47. The second-order valence-electron chi connectivity index (χ2n) is 9.60. The van der Waals surface area contributed by atoms with Gasteiger partial charge in [0, 0.05) is 37.3 Å². The normalized spacial score (nSPS) is 24.9. The number of halogens is 1. The Labute approximate surface area is 201 Å². The van der Waals surface area contributed by atoms with Gasteiger partial charge in [-0.05, 0) is 68.9 Å². The van der Waals surface area contributed by atoms with Crippen molar-refractivity contribution in [2.75, 3.05) is 24.7 Å². The van der Waals surface area contributed by atoms with Gasteiger partial charge < -0.3 is 10.1 Å². The smallest absolute Gasteiger partial charge is 0.333 e. The van der Waals surface area contributed by atoms with E-state index < -0.39 is 11.4 Å². The molecule has 1 saturated carbocycles. The van der Waals surface area contributed by atoms with Gasteiger partial charge in [-0.3, -0.25) is 18.7 Å². The molecule has 2 aliphatic heterocycles. The van der Waals surface area contributed by atoms with Crippen molar-refractivity contribution in [1.29, 1.82) is 0 Å². The van der Waals surface area contributed by atoms with Gasteiger partial charge in [0.2, 0.25) is 5.91 Å². The predicted molar refractivity (Wildman–Crippen MR) is 129 cm³/mol. The zero-order valence-electron chi connectivity index (χ0n) is 19.2. The number of nitrogens with one attached hydrogen (secondary N) is 1. The number of rotatable bonds is 4. The molecule has 1 amide bonds. The van der Waals surface area contributed by atoms with Crippen molar-refractivity contribution < 1.29 is 13.9 Å². The molecule has 2 aromatic rings. The van der Waals surface area contributed by atoms with Crippen LogP contribution in [0.25, 0.3) is 11.0 Å². The van der Waals surface area contributed by atoms with E-state index in [1.807, 2.05) is 11.8 Å². The van der Waals surface area contributed by atoms with Gasteiger partial charge in [-0.1, -0.05) is 0 Å². The Morgan fingerprint density at radius 3 is 2.38 bits per heavy atom. The van der Waals surface area contributed by atoms with Crippen LogP contribution >= 0.6 is 11.8 Å². The molecule has 0 spiro atoms. The van der Waals surface area contributed by atoms with Gasteiger partial charge in [-0.15, -0.1) is 0 Å². The minimum atomic E-state index is -0.583. The fourth-order valence-corrected chi connectivity index (χ4v) is 6.64. The van der Waals surface area contributed by atoms with Crippen molar-refractivity contribution in [3.05, 3.63) is 38.9 Å². The van der Waals surface area contributed by atoms with Crippen molar-refractivity contribution in [3.8, 4) is 0 Å². The van der Waals surface area contributed by atoms with E-state index in [4.69, 9.17) is 4.74 Å². The summed E-state index contributed by atoms with van der Waals surface area (Å²) in [6, 6.07) is 0.928. The molecule has 0 bridgehead atoms. The van der Waals surface area contributed by atoms with Crippen molar-refractivity contribution in [1.82, 2.24) is 19.4 Å². The Morgan fingerprint density at radius 1 is 1.00 bits per heavy atom. The molecule has 5 rings (SSSR count). The van der Waals surface area contributed by atoms with Crippen LogP contribution in [0.3, 0.4) is 0 Å². The van der Waals surface area contributed by atoms with Crippen LogP contribution in [0.5, 0.6) is 0 Å². The molecule has 10 heteroatoms. The maximum absolute atomic E-state index is 14.0. The molecular weight excluding hydrogens is 459 g/mol. The number of hydrogen-bond donors (Lipinski definition) is 1. The average molecular weight is 491 g/mol. The third-order valence-electron chi connectivity index (χ3n) is 7.48. The molecule has 1 aliphatic carbocycles. The number of aromatic nitrogens is 3. The third-order valence-corrected chi connectivity index (χ3v) is 8.53. The Kier molecular flexibility index (Phi) is 7.06. The van der Waals surface area contributed by atoms with Gasteiger partial charge in [-0.25, -0.2) is 14.2 Å². The lowest BCUT2D eigenvalue weighted by Gasteiger charge is -2.32. The van der Waals surface area contributed by atoms with Crippen LogP contribution in [-0.4, -0.2) is 50.8 Å². The minimum Gasteiger partial charge on any atom is -0.381 e. The van der Waals surface area contributed by atoms with E-state index in [0.717, 1.165) is 43.4 Å². The van der Waals surface area contributed by atoms with E-state index in [1.165, 1.54) is 10.6 Å². The summed E-state index contributed by atoms with van der Waals surface area (Å²) in [5.74, 6) is 1.37. The first-order chi connectivity index (χ1) is 16.5. The maximum Gasteiger partial charge on any atom is 0.333 e. The highest BCUT2D eigenvalue weighted by atomic mass is 32.2. The molecule has 2 saturated heterocycles. The van der Waals surface area contributed by atoms with Gasteiger partial charge >= 0.3 is 5.69 Å². The number of nitrogens with zero attached hydrogens (tertiary/aromatic N) is 3. The van der Waals surface area contributed by atoms with E-state index in [1.54, 1.807) is 4.57 Å². The quantitative estimate of drug-likeness (QED) is 0.708. The Hall–Kier alpha value is -2.20. The van der Waals surface area contributed by atoms with E-state index in [9.17, 15) is 18.8 Å². The van der Waals surface area contributed by atoms with Crippen LogP contribution in [-0.2, 0) is 9.53 Å². The first kappa shape index (κ1) is 23.5. The maximum atomic E-state index is 14.0. The van der Waals surface area contributed by atoms with Gasteiger partial charge in [0.15, 0.2) is 0 Å². The van der Waals surface area contributed by atoms with Gasteiger partial charge in [-0.2, -0.15) is 11.8 Å². The molecule has 2 aromatic heterocycles. The molecule has 0 aromatic carbocycles. The predicted octanol–water partition coefficient (Wildman–Crippen LogP) is 2.79. The molecule has 8 nitrogen and oxygen atoms in total. The topological polar surface area (TPSA) is 95.2 Å². The summed E-state index contributed by atoms with van der Waals surface area (Å²) in [4.78, 5) is 43.8. The van der Waals surface area contributed by atoms with Crippen LogP contribution in [0.2, 0.25) is 0 Å². The first-order valence-electron chi connectivity index (χ1n) is 12.3. The zero-order chi connectivity index (χ0) is 23.7. The number of ether oxygens (including phenoxy) is 1. The zero-order valence-corrected chi connectivity index (χ0v) is 20.0. The molecule has 4 heterocycles. The van der Waals surface area contributed by atoms with Crippen LogP contribution in [0, 0.1) is 11.7 Å². The summed E-state index contributed by atoms with van der Waals surface area (Å²) >= 11 is 1.85. The van der Waals surface area contributed by atoms with Crippen LogP contribution < -0.4 is 16.6 Å². The number of thioether (sulfide) groups is 1. The summed E-state index contributed by atoms with van der Waals surface area (Å²) in [5, 5.41) is 3.32. The highest BCUT2D eigenvalue weighted by molar-refractivity contribution is 7.99. The van der Waals surface area contributed by atoms with E-state index in [2.05, 4.69) is 10.3 Å². The third kappa shape index (κ3) is 4.66. The Balaban J connectivity index is 1.40. The van der Waals surface area contributed by atoms with Gasteiger partial charge in [0.05, 0.1) is 11.6 Å². The van der Waals surface area contributed by atoms with E-state index >= 15 is 0 Å². The van der Waals surface area contributed by atoms with E-state index in [0.29, 0.717) is 38.9 Å². The van der Waals surface area contributed by atoms with Crippen molar-refractivity contribution >= 4 is 28.7 Å². The second kappa shape index (κ2) is 10.2. The van der Waals surface area contributed by atoms with Gasteiger partial charge in [0.25, 0.3) is 5.56 Å². The first-order valence-corrected chi connectivity index (χ1v) is 13.5. The molecule has 3 aliphatic rings.